The number of carbonyl (C=O) groups excluding carboxylic acids is 2. The Labute approximate surface area is 176 Å². The number of nitrogens with zero attached hydrogens (tertiary/aromatic N) is 2. The fourth-order valence-corrected chi connectivity index (χ4v) is 4.93. The number of hydrogen-bond acceptors (Lipinski definition) is 3. The first-order valence-corrected chi connectivity index (χ1v) is 11.2. The summed E-state index contributed by atoms with van der Waals surface area (Å²) in [4.78, 5) is 30.7. The van der Waals surface area contributed by atoms with Gasteiger partial charge in [-0.3, -0.25) is 9.59 Å². The number of amides is 2. The van der Waals surface area contributed by atoms with E-state index in [0.717, 1.165) is 18.4 Å². The molecular formula is C22H27ClN2O2S. The molecular weight excluding hydrogens is 392 g/mol. The van der Waals surface area contributed by atoms with E-state index in [0.29, 0.717) is 13.1 Å². The normalized spacial score (nSPS) is 16.0. The molecule has 3 rings (SSSR count). The van der Waals surface area contributed by atoms with Crippen molar-refractivity contribution in [2.75, 3.05) is 25.5 Å². The van der Waals surface area contributed by atoms with Crippen molar-refractivity contribution in [1.29, 1.82) is 0 Å². The maximum atomic E-state index is 13.3. The highest BCUT2D eigenvalue weighted by molar-refractivity contribution is 7.10. The van der Waals surface area contributed by atoms with Crippen LogP contribution in [0.25, 0.3) is 0 Å². The van der Waals surface area contributed by atoms with Crippen molar-refractivity contribution < 1.29 is 9.59 Å². The summed E-state index contributed by atoms with van der Waals surface area (Å²) in [5.41, 5.74) is 3.55. The van der Waals surface area contributed by atoms with Crippen molar-refractivity contribution in [3.63, 3.8) is 0 Å². The zero-order valence-electron chi connectivity index (χ0n) is 16.5. The number of thiophene rings is 1. The number of halogens is 1. The van der Waals surface area contributed by atoms with Crippen LogP contribution in [0.5, 0.6) is 0 Å². The van der Waals surface area contributed by atoms with Crippen LogP contribution in [0.4, 0.5) is 0 Å². The zero-order chi connectivity index (χ0) is 20.1. The summed E-state index contributed by atoms with van der Waals surface area (Å²) in [6.45, 7) is 5.47. The van der Waals surface area contributed by atoms with Crippen LogP contribution in [0.3, 0.4) is 0 Å². The van der Waals surface area contributed by atoms with Crippen molar-refractivity contribution in [1.82, 2.24) is 9.80 Å². The van der Waals surface area contributed by atoms with E-state index in [1.165, 1.54) is 16.0 Å². The third-order valence-electron chi connectivity index (χ3n) is 5.25. The molecule has 0 N–H and O–H groups in total. The molecule has 0 fully saturated rings. The van der Waals surface area contributed by atoms with E-state index in [9.17, 15) is 9.59 Å². The van der Waals surface area contributed by atoms with E-state index in [-0.39, 0.29) is 36.7 Å². The van der Waals surface area contributed by atoms with E-state index >= 15 is 0 Å². The van der Waals surface area contributed by atoms with Gasteiger partial charge in [0.25, 0.3) is 0 Å². The second kappa shape index (κ2) is 9.57. The summed E-state index contributed by atoms with van der Waals surface area (Å²) in [5, 5.41) is 2.11. The molecule has 6 heteroatoms. The maximum absolute atomic E-state index is 13.3. The van der Waals surface area contributed by atoms with Gasteiger partial charge in [-0.1, -0.05) is 31.2 Å². The summed E-state index contributed by atoms with van der Waals surface area (Å²) < 4.78 is 0. The molecule has 1 aliphatic heterocycles. The molecule has 0 radical (unpaired) electrons. The average Bonchev–Trinajstić information content (AvgIpc) is 3.16. The Bertz CT molecular complexity index is 835. The molecule has 2 amide bonds. The van der Waals surface area contributed by atoms with E-state index in [1.54, 1.807) is 16.2 Å². The summed E-state index contributed by atoms with van der Waals surface area (Å²) in [6.07, 6.45) is 1.95. The van der Waals surface area contributed by atoms with Crippen molar-refractivity contribution in [2.45, 2.75) is 39.2 Å². The van der Waals surface area contributed by atoms with E-state index < -0.39 is 0 Å². The summed E-state index contributed by atoms with van der Waals surface area (Å²) in [7, 11) is 0. The summed E-state index contributed by atoms with van der Waals surface area (Å²) in [5.74, 6) is 0.230. The first-order valence-electron chi connectivity index (χ1n) is 9.81. The highest BCUT2D eigenvalue weighted by atomic mass is 35.5. The second-order valence-electron chi connectivity index (χ2n) is 7.15. The number of carbonyl (C=O) groups is 2. The monoisotopic (exact) mass is 418 g/mol. The quantitative estimate of drug-likeness (QED) is 0.625. The molecule has 0 saturated heterocycles. The Balaban J connectivity index is 1.89. The minimum absolute atomic E-state index is 0.00137. The molecule has 0 bridgehead atoms. The highest BCUT2D eigenvalue weighted by Crippen LogP contribution is 2.38. The van der Waals surface area contributed by atoms with Crippen molar-refractivity contribution in [3.8, 4) is 0 Å². The molecule has 2 heterocycles. The minimum Gasteiger partial charge on any atom is -0.333 e. The van der Waals surface area contributed by atoms with Crippen molar-refractivity contribution >= 4 is 34.8 Å². The molecule has 1 aromatic carbocycles. The van der Waals surface area contributed by atoms with Gasteiger partial charge in [0.15, 0.2) is 0 Å². The van der Waals surface area contributed by atoms with Gasteiger partial charge in [0.1, 0.15) is 0 Å². The number of fused-ring (bicyclic) bond motifs is 1. The van der Waals surface area contributed by atoms with E-state index in [1.807, 2.05) is 24.0 Å². The summed E-state index contributed by atoms with van der Waals surface area (Å²) >= 11 is 7.51. The van der Waals surface area contributed by atoms with Crippen LogP contribution in [0, 0.1) is 6.92 Å². The van der Waals surface area contributed by atoms with Gasteiger partial charge in [-0.15, -0.1) is 22.9 Å². The number of benzene rings is 1. The van der Waals surface area contributed by atoms with Crippen molar-refractivity contribution in [3.05, 3.63) is 57.3 Å². The fraction of sp³-hybridized carbons (Fsp3) is 0.455. The second-order valence-corrected chi connectivity index (χ2v) is 8.53. The first-order chi connectivity index (χ1) is 13.6. The maximum Gasteiger partial charge on any atom is 0.242 e. The van der Waals surface area contributed by atoms with Gasteiger partial charge < -0.3 is 9.80 Å². The largest absolute Gasteiger partial charge is 0.333 e. The number of aryl methyl sites for hydroxylation is 1. The van der Waals surface area contributed by atoms with Crippen LogP contribution in [-0.2, 0) is 16.0 Å². The molecule has 2 aromatic rings. The predicted molar refractivity (Wildman–Crippen MR) is 115 cm³/mol. The standard InChI is InChI=1S/C22H27ClN2O2S/c1-3-12-24(20(26)8-11-23)15-21(27)25-13-9-19-18(10-14-28-19)22(25)17-7-5-4-6-16(17)2/h4-7,10,14,22H,3,8-9,11-13,15H2,1-2H3. The Kier molecular flexibility index (Phi) is 7.13. The third-order valence-corrected chi connectivity index (χ3v) is 6.44. The molecule has 4 nitrogen and oxygen atoms in total. The predicted octanol–water partition coefficient (Wildman–Crippen LogP) is 4.40. The van der Waals surface area contributed by atoms with Crippen LogP contribution < -0.4 is 0 Å². The van der Waals surface area contributed by atoms with Gasteiger partial charge in [0, 0.05) is 30.3 Å². The van der Waals surface area contributed by atoms with E-state index in [4.69, 9.17) is 11.6 Å². The smallest absolute Gasteiger partial charge is 0.242 e. The molecule has 0 aliphatic carbocycles. The Morgan fingerprint density at radius 3 is 2.75 bits per heavy atom. The number of hydrogen-bond donors (Lipinski definition) is 0. The minimum atomic E-state index is -0.0877. The molecule has 28 heavy (non-hydrogen) atoms. The molecule has 0 saturated carbocycles. The fourth-order valence-electron chi connectivity index (χ4n) is 3.87. The molecule has 0 spiro atoms. The average molecular weight is 419 g/mol. The zero-order valence-corrected chi connectivity index (χ0v) is 18.1. The lowest BCUT2D eigenvalue weighted by Crippen LogP contribution is -2.47. The number of rotatable bonds is 7. The van der Waals surface area contributed by atoms with Gasteiger partial charge in [0.2, 0.25) is 11.8 Å². The van der Waals surface area contributed by atoms with Crippen LogP contribution >= 0.6 is 22.9 Å². The van der Waals surface area contributed by atoms with Crippen LogP contribution in [-0.4, -0.2) is 47.1 Å². The van der Waals surface area contributed by atoms with E-state index in [2.05, 4.69) is 30.5 Å². The lowest BCUT2D eigenvalue weighted by atomic mass is 9.90. The topological polar surface area (TPSA) is 40.6 Å². The van der Waals surface area contributed by atoms with Crippen LogP contribution in [0.2, 0.25) is 0 Å². The van der Waals surface area contributed by atoms with Gasteiger partial charge in [0.05, 0.1) is 12.6 Å². The molecule has 1 aromatic heterocycles. The Morgan fingerprint density at radius 1 is 1.25 bits per heavy atom. The van der Waals surface area contributed by atoms with Crippen LogP contribution in [0.15, 0.2) is 35.7 Å². The Hall–Kier alpha value is -1.85. The third kappa shape index (κ3) is 4.41. The van der Waals surface area contributed by atoms with Gasteiger partial charge in [-0.05, 0) is 47.9 Å². The van der Waals surface area contributed by atoms with Crippen molar-refractivity contribution in [2.24, 2.45) is 0 Å². The van der Waals surface area contributed by atoms with Gasteiger partial charge >= 0.3 is 0 Å². The van der Waals surface area contributed by atoms with Crippen LogP contribution in [0.1, 0.15) is 47.4 Å². The lowest BCUT2D eigenvalue weighted by molar-refractivity contribution is -0.141. The number of alkyl halides is 1. The van der Waals surface area contributed by atoms with Gasteiger partial charge in [-0.2, -0.15) is 0 Å². The lowest BCUT2D eigenvalue weighted by Gasteiger charge is -2.38. The SMILES string of the molecule is CCCN(CC(=O)N1CCc2sccc2C1c1ccccc1C)C(=O)CCCl. The molecule has 1 unspecified atom stereocenters. The first kappa shape index (κ1) is 20.9. The summed E-state index contributed by atoms with van der Waals surface area (Å²) in [6, 6.07) is 10.3. The molecule has 1 atom stereocenters. The molecule has 150 valence electrons. The molecule has 1 aliphatic rings. The van der Waals surface area contributed by atoms with Gasteiger partial charge in [-0.25, -0.2) is 0 Å². The highest BCUT2D eigenvalue weighted by Gasteiger charge is 2.34. The Morgan fingerprint density at radius 2 is 2.04 bits per heavy atom.